The molecule has 0 aromatic heterocycles. The molecule has 1 heterocycles. The summed E-state index contributed by atoms with van der Waals surface area (Å²) in [6, 6.07) is 0. The van der Waals surface area contributed by atoms with E-state index in [0.29, 0.717) is 19.8 Å². The van der Waals surface area contributed by atoms with E-state index >= 15 is 0 Å². The van der Waals surface area contributed by atoms with Gasteiger partial charge >= 0.3 is 6.09 Å². The molecular formula is C10H21N3O3. The lowest BCUT2D eigenvalue weighted by atomic mass is 9.99. The molecule has 0 saturated carbocycles. The number of nitrogens with one attached hydrogen (secondary N) is 2. The van der Waals surface area contributed by atoms with Crippen molar-refractivity contribution >= 4 is 6.09 Å². The minimum Gasteiger partial charge on any atom is -0.444 e. The van der Waals surface area contributed by atoms with Crippen LogP contribution < -0.4 is 16.6 Å². The number of hydrogen-bond acceptors (Lipinski definition) is 5. The number of amides is 1. The number of hydrogen-bond donors (Lipinski definition) is 3. The number of rotatable bonds is 3. The number of hydrazine groups is 1. The minimum absolute atomic E-state index is 0.437. The maximum Gasteiger partial charge on any atom is 0.408 e. The van der Waals surface area contributed by atoms with E-state index in [1.165, 1.54) is 0 Å². The van der Waals surface area contributed by atoms with Gasteiger partial charge in [-0.3, -0.25) is 11.3 Å². The third kappa shape index (κ3) is 3.96. The van der Waals surface area contributed by atoms with Crippen LogP contribution in [0.3, 0.4) is 0 Å². The second kappa shape index (κ2) is 4.99. The first-order chi connectivity index (χ1) is 7.37. The highest BCUT2D eigenvalue weighted by molar-refractivity contribution is 5.69. The molecule has 1 aliphatic rings. The maximum absolute atomic E-state index is 11.6. The largest absolute Gasteiger partial charge is 0.444 e. The van der Waals surface area contributed by atoms with Crippen molar-refractivity contribution in [3.05, 3.63) is 0 Å². The van der Waals surface area contributed by atoms with E-state index < -0.39 is 17.2 Å². The summed E-state index contributed by atoms with van der Waals surface area (Å²) >= 11 is 0. The number of nitrogens with two attached hydrogens (primary N) is 1. The van der Waals surface area contributed by atoms with Gasteiger partial charge < -0.3 is 14.8 Å². The molecule has 6 nitrogen and oxygen atoms in total. The molecule has 1 atom stereocenters. The molecule has 0 aliphatic carbocycles. The van der Waals surface area contributed by atoms with Crippen molar-refractivity contribution in [3.8, 4) is 0 Å². The second-order valence-corrected chi connectivity index (χ2v) is 5.09. The van der Waals surface area contributed by atoms with E-state index in [0.717, 1.165) is 6.42 Å². The quantitative estimate of drug-likeness (QED) is 0.475. The third-order valence-corrected chi connectivity index (χ3v) is 2.31. The van der Waals surface area contributed by atoms with E-state index in [2.05, 4.69) is 10.7 Å². The highest BCUT2D eigenvalue weighted by Crippen LogP contribution is 2.18. The number of alkyl carbamates (subject to hydrolysis) is 1. The van der Waals surface area contributed by atoms with Gasteiger partial charge in [0.25, 0.3) is 0 Å². The molecule has 94 valence electrons. The van der Waals surface area contributed by atoms with E-state index in [9.17, 15) is 4.79 Å². The number of carbonyl (C=O) groups is 1. The molecule has 0 spiro atoms. The molecule has 1 unspecified atom stereocenters. The molecule has 16 heavy (non-hydrogen) atoms. The van der Waals surface area contributed by atoms with Crippen LogP contribution in [0.2, 0.25) is 0 Å². The van der Waals surface area contributed by atoms with E-state index in [1.54, 1.807) is 0 Å². The Morgan fingerprint density at radius 2 is 2.25 bits per heavy atom. The summed E-state index contributed by atoms with van der Waals surface area (Å²) < 4.78 is 10.5. The molecule has 1 amide bonds. The molecule has 0 radical (unpaired) electrons. The molecule has 0 aromatic rings. The summed E-state index contributed by atoms with van der Waals surface area (Å²) in [7, 11) is 0. The van der Waals surface area contributed by atoms with Crippen LogP contribution in [0, 0.1) is 0 Å². The monoisotopic (exact) mass is 231 g/mol. The first-order valence-electron chi connectivity index (χ1n) is 5.39. The Morgan fingerprint density at radius 3 is 2.69 bits per heavy atom. The predicted octanol–water partition coefficient (Wildman–Crippen LogP) is 0.134. The van der Waals surface area contributed by atoms with Gasteiger partial charge in [-0.25, -0.2) is 4.79 Å². The third-order valence-electron chi connectivity index (χ3n) is 2.31. The standard InChI is InChI=1S/C10H21N3O3/c1-9(2,3)16-8(14)13-10(6-12-11)4-5-15-7-10/h12H,4-7,11H2,1-3H3,(H,13,14). The van der Waals surface area contributed by atoms with Gasteiger partial charge in [-0.15, -0.1) is 0 Å². The van der Waals surface area contributed by atoms with Crippen molar-refractivity contribution < 1.29 is 14.3 Å². The lowest BCUT2D eigenvalue weighted by Gasteiger charge is -2.30. The zero-order valence-electron chi connectivity index (χ0n) is 10.1. The van der Waals surface area contributed by atoms with Crippen molar-refractivity contribution in [2.75, 3.05) is 19.8 Å². The Bertz CT molecular complexity index is 244. The van der Waals surface area contributed by atoms with E-state index in [-0.39, 0.29) is 0 Å². The molecule has 0 bridgehead atoms. The summed E-state index contributed by atoms with van der Waals surface area (Å²) in [5, 5.41) is 2.82. The van der Waals surface area contributed by atoms with Crippen molar-refractivity contribution in [1.82, 2.24) is 10.7 Å². The fourth-order valence-electron chi connectivity index (χ4n) is 1.60. The molecule has 1 aliphatic heterocycles. The SMILES string of the molecule is CC(C)(C)OC(=O)NC1(CNN)CCOC1. The molecule has 1 rings (SSSR count). The van der Waals surface area contributed by atoms with Gasteiger partial charge in [-0.1, -0.05) is 0 Å². The Kier molecular flexibility index (Phi) is 4.12. The number of carbonyl (C=O) groups excluding carboxylic acids is 1. The van der Waals surface area contributed by atoms with Crippen LogP contribution in [0.25, 0.3) is 0 Å². The van der Waals surface area contributed by atoms with Crippen LogP contribution in [0.4, 0.5) is 4.79 Å². The van der Waals surface area contributed by atoms with Crippen LogP contribution >= 0.6 is 0 Å². The smallest absolute Gasteiger partial charge is 0.408 e. The molecule has 0 aromatic carbocycles. The summed E-state index contributed by atoms with van der Waals surface area (Å²) in [6.07, 6.45) is 0.296. The number of ether oxygens (including phenoxy) is 2. The first-order valence-corrected chi connectivity index (χ1v) is 5.39. The average Bonchev–Trinajstić information content (AvgIpc) is 2.49. The Morgan fingerprint density at radius 1 is 1.56 bits per heavy atom. The summed E-state index contributed by atoms with van der Waals surface area (Å²) in [5.74, 6) is 5.30. The minimum atomic E-state index is -0.499. The zero-order chi connectivity index (χ0) is 12.2. The summed E-state index contributed by atoms with van der Waals surface area (Å²) in [6.45, 7) is 7.02. The first kappa shape index (κ1) is 13.2. The molecular weight excluding hydrogens is 210 g/mol. The van der Waals surface area contributed by atoms with E-state index in [1.807, 2.05) is 20.8 Å². The second-order valence-electron chi connectivity index (χ2n) is 5.09. The fourth-order valence-corrected chi connectivity index (χ4v) is 1.60. The van der Waals surface area contributed by atoms with Gasteiger partial charge in [0, 0.05) is 13.2 Å². The predicted molar refractivity (Wildman–Crippen MR) is 59.7 cm³/mol. The Hall–Kier alpha value is -0.850. The normalized spacial score (nSPS) is 25.5. The van der Waals surface area contributed by atoms with Gasteiger partial charge in [0.1, 0.15) is 5.60 Å². The van der Waals surface area contributed by atoms with Gasteiger partial charge in [-0.05, 0) is 27.2 Å². The Balaban J connectivity index is 2.52. The van der Waals surface area contributed by atoms with Crippen LogP contribution in [-0.4, -0.2) is 37.0 Å². The van der Waals surface area contributed by atoms with Gasteiger partial charge in [0.05, 0.1) is 12.1 Å². The summed E-state index contributed by atoms with van der Waals surface area (Å²) in [4.78, 5) is 11.6. The van der Waals surface area contributed by atoms with E-state index in [4.69, 9.17) is 15.3 Å². The average molecular weight is 231 g/mol. The summed E-state index contributed by atoms with van der Waals surface area (Å²) in [5.41, 5.74) is 1.62. The van der Waals surface area contributed by atoms with Crippen LogP contribution in [0.5, 0.6) is 0 Å². The van der Waals surface area contributed by atoms with Crippen LogP contribution in [-0.2, 0) is 9.47 Å². The molecule has 1 saturated heterocycles. The van der Waals surface area contributed by atoms with Crippen molar-refractivity contribution in [3.63, 3.8) is 0 Å². The van der Waals surface area contributed by atoms with Crippen LogP contribution in [0.1, 0.15) is 27.2 Å². The van der Waals surface area contributed by atoms with Crippen molar-refractivity contribution in [2.45, 2.75) is 38.3 Å². The topological polar surface area (TPSA) is 85.6 Å². The molecule has 6 heteroatoms. The van der Waals surface area contributed by atoms with Gasteiger partial charge in [0.15, 0.2) is 0 Å². The Labute approximate surface area is 95.8 Å². The fraction of sp³-hybridized carbons (Fsp3) is 0.900. The van der Waals surface area contributed by atoms with Crippen molar-refractivity contribution in [2.24, 2.45) is 5.84 Å². The highest BCUT2D eigenvalue weighted by atomic mass is 16.6. The molecule has 4 N–H and O–H groups in total. The van der Waals surface area contributed by atoms with Crippen LogP contribution in [0.15, 0.2) is 0 Å². The lowest BCUT2D eigenvalue weighted by Crippen LogP contribution is -2.57. The molecule has 1 fully saturated rings. The maximum atomic E-state index is 11.6. The van der Waals surface area contributed by atoms with Gasteiger partial charge in [0.2, 0.25) is 0 Å². The van der Waals surface area contributed by atoms with Crippen molar-refractivity contribution in [1.29, 1.82) is 0 Å². The zero-order valence-corrected chi connectivity index (χ0v) is 10.1. The highest BCUT2D eigenvalue weighted by Gasteiger charge is 2.37. The lowest BCUT2D eigenvalue weighted by molar-refractivity contribution is 0.0440. The van der Waals surface area contributed by atoms with Gasteiger partial charge in [-0.2, -0.15) is 0 Å².